The Morgan fingerprint density at radius 1 is 1.43 bits per heavy atom. The van der Waals surface area contributed by atoms with E-state index in [0.29, 0.717) is 6.61 Å². The maximum Gasteiger partial charge on any atom is 0.323 e. The SMILES string of the molecule is CCCCCOC(=O)[C@H]1CCCCN1. The van der Waals surface area contributed by atoms with Crippen molar-refractivity contribution in [3.05, 3.63) is 0 Å². The van der Waals surface area contributed by atoms with Gasteiger partial charge in [0.05, 0.1) is 6.61 Å². The van der Waals surface area contributed by atoms with E-state index >= 15 is 0 Å². The third-order valence-electron chi connectivity index (χ3n) is 2.59. The quantitative estimate of drug-likeness (QED) is 0.542. The van der Waals surface area contributed by atoms with Crippen LogP contribution in [0.2, 0.25) is 0 Å². The number of hydrogen-bond acceptors (Lipinski definition) is 3. The second-order valence-corrected chi connectivity index (χ2v) is 3.88. The summed E-state index contributed by atoms with van der Waals surface area (Å²) >= 11 is 0. The van der Waals surface area contributed by atoms with Gasteiger partial charge in [0.1, 0.15) is 6.04 Å². The Morgan fingerprint density at radius 3 is 2.93 bits per heavy atom. The van der Waals surface area contributed by atoms with Crippen LogP contribution in [0.25, 0.3) is 0 Å². The number of unbranched alkanes of at least 4 members (excludes halogenated alkanes) is 2. The van der Waals surface area contributed by atoms with Crippen molar-refractivity contribution in [3.8, 4) is 0 Å². The summed E-state index contributed by atoms with van der Waals surface area (Å²) in [7, 11) is 0. The Morgan fingerprint density at radius 2 is 2.29 bits per heavy atom. The van der Waals surface area contributed by atoms with Crippen LogP contribution >= 0.6 is 0 Å². The van der Waals surface area contributed by atoms with Gasteiger partial charge in [-0.25, -0.2) is 0 Å². The molecule has 0 saturated carbocycles. The summed E-state index contributed by atoms with van der Waals surface area (Å²) in [6, 6.07) is -0.0367. The average Bonchev–Trinajstić information content (AvgIpc) is 2.25. The fourth-order valence-electron chi connectivity index (χ4n) is 1.68. The normalized spacial score (nSPS) is 21.9. The Hall–Kier alpha value is -0.570. The van der Waals surface area contributed by atoms with Crippen molar-refractivity contribution in [2.75, 3.05) is 13.2 Å². The summed E-state index contributed by atoms with van der Waals surface area (Å²) in [5.41, 5.74) is 0. The van der Waals surface area contributed by atoms with Gasteiger partial charge in [0, 0.05) is 0 Å². The molecule has 0 aromatic heterocycles. The van der Waals surface area contributed by atoms with Gasteiger partial charge in [0.15, 0.2) is 0 Å². The first-order chi connectivity index (χ1) is 6.84. The van der Waals surface area contributed by atoms with Crippen LogP contribution in [0.1, 0.15) is 45.4 Å². The summed E-state index contributed by atoms with van der Waals surface area (Å²) < 4.78 is 5.18. The number of carbonyl (C=O) groups excluding carboxylic acids is 1. The molecule has 0 spiro atoms. The van der Waals surface area contributed by atoms with Gasteiger partial charge in [-0.15, -0.1) is 0 Å². The highest BCUT2D eigenvalue weighted by Gasteiger charge is 2.21. The molecule has 0 aromatic rings. The van der Waals surface area contributed by atoms with E-state index in [0.717, 1.165) is 32.2 Å². The van der Waals surface area contributed by atoms with Gasteiger partial charge in [0.2, 0.25) is 0 Å². The van der Waals surface area contributed by atoms with Crippen LogP contribution in [0, 0.1) is 0 Å². The summed E-state index contributed by atoms with van der Waals surface area (Å²) in [5.74, 6) is -0.0548. The summed E-state index contributed by atoms with van der Waals surface area (Å²) in [4.78, 5) is 11.5. The molecule has 1 rings (SSSR count). The number of carbonyl (C=O) groups is 1. The lowest BCUT2D eigenvalue weighted by molar-refractivity contribution is -0.146. The average molecular weight is 199 g/mol. The molecule has 0 unspecified atom stereocenters. The number of nitrogens with one attached hydrogen (secondary N) is 1. The number of rotatable bonds is 5. The highest BCUT2D eigenvalue weighted by molar-refractivity contribution is 5.75. The van der Waals surface area contributed by atoms with Gasteiger partial charge in [0.25, 0.3) is 0 Å². The first-order valence-electron chi connectivity index (χ1n) is 5.74. The molecule has 82 valence electrons. The van der Waals surface area contributed by atoms with Gasteiger partial charge < -0.3 is 10.1 Å². The van der Waals surface area contributed by atoms with Crippen molar-refractivity contribution >= 4 is 5.97 Å². The maximum absolute atomic E-state index is 11.5. The van der Waals surface area contributed by atoms with Crippen molar-refractivity contribution in [2.45, 2.75) is 51.5 Å². The molecule has 0 bridgehead atoms. The minimum atomic E-state index is -0.0548. The van der Waals surface area contributed by atoms with Gasteiger partial charge in [-0.1, -0.05) is 26.2 Å². The molecule has 0 radical (unpaired) electrons. The number of hydrogen-bond donors (Lipinski definition) is 1. The first kappa shape index (κ1) is 11.5. The lowest BCUT2D eigenvalue weighted by Crippen LogP contribution is -2.41. The molecule has 1 aliphatic rings. The number of piperidine rings is 1. The molecule has 1 aliphatic heterocycles. The Labute approximate surface area is 86.2 Å². The minimum absolute atomic E-state index is 0.0367. The highest BCUT2D eigenvalue weighted by Crippen LogP contribution is 2.08. The molecule has 0 aliphatic carbocycles. The van der Waals surface area contributed by atoms with Gasteiger partial charge in [-0.2, -0.15) is 0 Å². The molecule has 14 heavy (non-hydrogen) atoms. The molecule has 1 heterocycles. The van der Waals surface area contributed by atoms with E-state index in [-0.39, 0.29) is 12.0 Å². The summed E-state index contributed by atoms with van der Waals surface area (Å²) in [5, 5.41) is 3.19. The van der Waals surface area contributed by atoms with Crippen LogP contribution in [0.15, 0.2) is 0 Å². The molecule has 1 N–H and O–H groups in total. The lowest BCUT2D eigenvalue weighted by Gasteiger charge is -2.21. The molecule has 1 atom stereocenters. The second-order valence-electron chi connectivity index (χ2n) is 3.88. The third-order valence-corrected chi connectivity index (χ3v) is 2.59. The van der Waals surface area contributed by atoms with Crippen LogP contribution in [0.5, 0.6) is 0 Å². The maximum atomic E-state index is 11.5. The Bertz CT molecular complexity index is 165. The minimum Gasteiger partial charge on any atom is -0.465 e. The largest absolute Gasteiger partial charge is 0.465 e. The lowest BCUT2D eigenvalue weighted by atomic mass is 10.1. The zero-order valence-electron chi connectivity index (χ0n) is 9.05. The number of ether oxygens (including phenoxy) is 1. The van der Waals surface area contributed by atoms with Gasteiger partial charge >= 0.3 is 5.97 Å². The third kappa shape index (κ3) is 4.09. The van der Waals surface area contributed by atoms with E-state index in [1.807, 2.05) is 0 Å². The van der Waals surface area contributed by atoms with E-state index in [2.05, 4.69) is 12.2 Å². The number of esters is 1. The van der Waals surface area contributed by atoms with Crippen molar-refractivity contribution < 1.29 is 9.53 Å². The van der Waals surface area contributed by atoms with Crippen molar-refractivity contribution in [1.29, 1.82) is 0 Å². The van der Waals surface area contributed by atoms with E-state index in [1.165, 1.54) is 12.8 Å². The van der Waals surface area contributed by atoms with E-state index in [9.17, 15) is 4.79 Å². The van der Waals surface area contributed by atoms with Crippen LogP contribution < -0.4 is 5.32 Å². The topological polar surface area (TPSA) is 38.3 Å². The molecule has 1 fully saturated rings. The Kier molecular flexibility index (Phi) is 5.60. The predicted molar refractivity (Wildman–Crippen MR) is 56.1 cm³/mol. The van der Waals surface area contributed by atoms with Crippen LogP contribution in [0.3, 0.4) is 0 Å². The predicted octanol–water partition coefficient (Wildman–Crippen LogP) is 1.86. The highest BCUT2D eigenvalue weighted by atomic mass is 16.5. The molecule has 3 heteroatoms. The van der Waals surface area contributed by atoms with Crippen molar-refractivity contribution in [3.63, 3.8) is 0 Å². The van der Waals surface area contributed by atoms with Gasteiger partial charge in [-0.3, -0.25) is 4.79 Å². The molecule has 3 nitrogen and oxygen atoms in total. The molecule has 1 saturated heterocycles. The Balaban J connectivity index is 2.07. The van der Waals surface area contributed by atoms with Crippen LogP contribution in [-0.4, -0.2) is 25.2 Å². The zero-order chi connectivity index (χ0) is 10.2. The first-order valence-corrected chi connectivity index (χ1v) is 5.74. The van der Waals surface area contributed by atoms with Crippen LogP contribution in [0.4, 0.5) is 0 Å². The standard InChI is InChI=1S/C11H21NO2/c1-2-3-6-9-14-11(13)10-7-4-5-8-12-10/h10,12H,2-9H2,1H3/t10-/m1/s1. The van der Waals surface area contributed by atoms with E-state index in [4.69, 9.17) is 4.74 Å². The van der Waals surface area contributed by atoms with E-state index in [1.54, 1.807) is 0 Å². The van der Waals surface area contributed by atoms with Crippen molar-refractivity contribution in [2.24, 2.45) is 0 Å². The van der Waals surface area contributed by atoms with Crippen molar-refractivity contribution in [1.82, 2.24) is 5.32 Å². The zero-order valence-corrected chi connectivity index (χ0v) is 9.05. The molecular weight excluding hydrogens is 178 g/mol. The van der Waals surface area contributed by atoms with Crippen LogP contribution in [-0.2, 0) is 9.53 Å². The monoisotopic (exact) mass is 199 g/mol. The molecule has 0 amide bonds. The molecular formula is C11H21NO2. The summed E-state index contributed by atoms with van der Waals surface area (Å²) in [6.07, 6.45) is 6.56. The fourth-order valence-corrected chi connectivity index (χ4v) is 1.68. The van der Waals surface area contributed by atoms with E-state index < -0.39 is 0 Å². The van der Waals surface area contributed by atoms with Gasteiger partial charge in [-0.05, 0) is 25.8 Å². The smallest absolute Gasteiger partial charge is 0.323 e. The fraction of sp³-hybridized carbons (Fsp3) is 0.909. The second kappa shape index (κ2) is 6.82. The molecule has 0 aromatic carbocycles. The summed E-state index contributed by atoms with van der Waals surface area (Å²) in [6.45, 7) is 3.68.